The van der Waals surface area contributed by atoms with Crippen LogP contribution < -0.4 is 10.2 Å². The number of thiophene rings is 1. The van der Waals surface area contributed by atoms with Gasteiger partial charge in [0.05, 0.1) is 12.1 Å². The van der Waals surface area contributed by atoms with Gasteiger partial charge in [0, 0.05) is 51.2 Å². The first-order valence-corrected chi connectivity index (χ1v) is 13.7. The number of hydrogen-bond donors (Lipinski definition) is 3. The Morgan fingerprint density at radius 1 is 1.21 bits per heavy atom. The maximum Gasteiger partial charge on any atom is 0.227 e. The molecule has 2 aromatic carbocycles. The summed E-state index contributed by atoms with van der Waals surface area (Å²) in [6, 6.07) is 12.5. The van der Waals surface area contributed by atoms with Gasteiger partial charge >= 0.3 is 0 Å². The van der Waals surface area contributed by atoms with Crippen molar-refractivity contribution in [3.8, 4) is 11.4 Å². The van der Waals surface area contributed by atoms with Crippen molar-refractivity contribution >= 4 is 56.9 Å². The van der Waals surface area contributed by atoms with Crippen LogP contribution in [-0.2, 0) is 11.3 Å². The van der Waals surface area contributed by atoms with Crippen molar-refractivity contribution in [1.29, 1.82) is 10.8 Å². The van der Waals surface area contributed by atoms with Gasteiger partial charge in [-0.25, -0.2) is 4.98 Å². The van der Waals surface area contributed by atoms with E-state index in [1.807, 2.05) is 62.5 Å². The number of imidazole rings is 1. The van der Waals surface area contributed by atoms with Gasteiger partial charge in [-0.1, -0.05) is 23.7 Å². The number of hydrogen-bond acceptors (Lipinski definition) is 6. The Labute approximate surface area is 235 Å². The lowest BCUT2D eigenvalue weighted by Gasteiger charge is -2.24. The largest absolute Gasteiger partial charge is 0.327 e. The molecule has 0 bridgehead atoms. The van der Waals surface area contributed by atoms with Gasteiger partial charge in [-0.3, -0.25) is 25.5 Å². The van der Waals surface area contributed by atoms with Gasteiger partial charge in [-0.15, -0.1) is 11.3 Å². The molecule has 1 amide bonds. The highest BCUT2D eigenvalue weighted by Crippen LogP contribution is 2.40. The molecule has 8 nitrogen and oxygen atoms in total. The maximum atomic E-state index is 13.3. The second-order valence-electron chi connectivity index (χ2n) is 9.77. The molecule has 0 fully saturated rings. The number of anilines is 2. The average Bonchev–Trinajstić information content (AvgIpc) is 3.53. The predicted molar refractivity (Wildman–Crippen MR) is 158 cm³/mol. The molecule has 10 heteroatoms. The summed E-state index contributed by atoms with van der Waals surface area (Å²) in [4.78, 5) is 25.5. The molecule has 0 unspecified atom stereocenters. The summed E-state index contributed by atoms with van der Waals surface area (Å²) < 4.78 is 2.08. The van der Waals surface area contributed by atoms with Crippen molar-refractivity contribution in [2.75, 3.05) is 10.2 Å². The smallest absolute Gasteiger partial charge is 0.227 e. The van der Waals surface area contributed by atoms with Gasteiger partial charge < -0.3 is 9.88 Å². The van der Waals surface area contributed by atoms with Crippen LogP contribution in [0.5, 0.6) is 0 Å². The van der Waals surface area contributed by atoms with E-state index in [9.17, 15) is 4.79 Å². The molecule has 0 radical (unpaired) electrons. The van der Waals surface area contributed by atoms with Gasteiger partial charge in [0.25, 0.3) is 0 Å². The third kappa shape index (κ3) is 4.37. The molecule has 0 saturated heterocycles. The molecule has 2 aliphatic rings. The molecule has 0 spiro atoms. The van der Waals surface area contributed by atoms with E-state index >= 15 is 0 Å². The van der Waals surface area contributed by atoms with E-state index in [0.29, 0.717) is 23.0 Å². The zero-order valence-corrected chi connectivity index (χ0v) is 23.2. The van der Waals surface area contributed by atoms with Crippen molar-refractivity contribution in [3.05, 3.63) is 87.0 Å². The third-order valence-electron chi connectivity index (χ3n) is 7.17. The number of rotatable bonds is 4. The van der Waals surface area contributed by atoms with Crippen LogP contribution in [0.1, 0.15) is 40.5 Å². The van der Waals surface area contributed by atoms with Gasteiger partial charge in [0.1, 0.15) is 28.5 Å². The van der Waals surface area contributed by atoms with Crippen LogP contribution in [0.15, 0.2) is 59.9 Å². The van der Waals surface area contributed by atoms with Crippen LogP contribution in [0.2, 0.25) is 5.02 Å². The molecule has 2 aromatic heterocycles. The van der Waals surface area contributed by atoms with Gasteiger partial charge in [0.2, 0.25) is 5.91 Å². The van der Waals surface area contributed by atoms with E-state index in [4.69, 9.17) is 27.4 Å². The molecule has 4 aromatic rings. The fraction of sp³-hybridized carbons (Fsp3) is 0.207. The lowest BCUT2D eigenvalue weighted by atomic mass is 9.99. The highest BCUT2D eigenvalue weighted by molar-refractivity contribution is 7.17. The van der Waals surface area contributed by atoms with Gasteiger partial charge in [0.15, 0.2) is 0 Å². The number of amides is 1. The number of halogens is 1. The maximum absolute atomic E-state index is 13.3. The fourth-order valence-corrected chi connectivity index (χ4v) is 6.51. The molecule has 6 rings (SSSR count). The van der Waals surface area contributed by atoms with Crippen molar-refractivity contribution < 1.29 is 4.79 Å². The standard InChI is InChI=1S/C29H26ClN7OS/c1-15-16(2)39-29-25(15)26(18-4-6-20(30)7-5-18)35-23(27(32)37(29)17(3)31)13-24(38)34-21-8-9-22-19(12-21)14-36-11-10-33-28(22)36/h4-12,23,31-32H,13-14H2,1-3H3,(H,34,38)/t23-/m0/s1. The number of nitrogens with one attached hydrogen (secondary N) is 3. The molecule has 0 saturated carbocycles. The molecule has 1 atom stereocenters. The lowest BCUT2D eigenvalue weighted by Crippen LogP contribution is -2.41. The number of nitrogens with zero attached hydrogens (tertiary/aromatic N) is 4. The summed E-state index contributed by atoms with van der Waals surface area (Å²) >= 11 is 7.70. The number of carbonyl (C=O) groups excluding carboxylic acids is 1. The van der Waals surface area contributed by atoms with Crippen LogP contribution in [0.25, 0.3) is 11.4 Å². The Bertz CT molecular complexity index is 1700. The first kappa shape index (κ1) is 25.2. The lowest BCUT2D eigenvalue weighted by molar-refractivity contribution is -0.116. The summed E-state index contributed by atoms with van der Waals surface area (Å²) in [6.45, 7) is 6.43. The molecule has 3 N–H and O–H groups in total. The number of aryl methyl sites for hydroxylation is 1. The monoisotopic (exact) mass is 555 g/mol. The topological polar surface area (TPSA) is 110 Å². The number of aliphatic imine (C=N–C) groups is 1. The van der Waals surface area contributed by atoms with Crippen molar-refractivity contribution in [1.82, 2.24) is 9.55 Å². The zero-order valence-electron chi connectivity index (χ0n) is 21.7. The Morgan fingerprint density at radius 3 is 2.72 bits per heavy atom. The molecular formula is C29H26ClN7OS. The Morgan fingerprint density at radius 2 is 1.97 bits per heavy atom. The van der Waals surface area contributed by atoms with E-state index < -0.39 is 6.04 Å². The Hall–Kier alpha value is -4.08. The second-order valence-corrected chi connectivity index (χ2v) is 11.4. The van der Waals surface area contributed by atoms with Crippen LogP contribution in [-0.4, -0.2) is 38.9 Å². The van der Waals surface area contributed by atoms with Crippen LogP contribution in [0.4, 0.5) is 10.7 Å². The number of benzene rings is 2. The third-order valence-corrected chi connectivity index (χ3v) is 8.61. The van der Waals surface area contributed by atoms with E-state index in [-0.39, 0.29) is 24.0 Å². The molecular weight excluding hydrogens is 530 g/mol. The summed E-state index contributed by atoms with van der Waals surface area (Å²) in [5.74, 6) is 0.986. The first-order chi connectivity index (χ1) is 18.7. The predicted octanol–water partition coefficient (Wildman–Crippen LogP) is 6.27. The zero-order chi connectivity index (χ0) is 27.4. The quantitative estimate of drug-likeness (QED) is 0.179. The van der Waals surface area contributed by atoms with Crippen molar-refractivity contribution in [3.63, 3.8) is 0 Å². The summed E-state index contributed by atoms with van der Waals surface area (Å²) in [5, 5.41) is 22.0. The number of carbonyl (C=O) groups is 1. The molecule has 0 aliphatic carbocycles. The minimum absolute atomic E-state index is 0.0364. The summed E-state index contributed by atoms with van der Waals surface area (Å²) in [7, 11) is 0. The first-order valence-electron chi connectivity index (χ1n) is 12.5. The summed E-state index contributed by atoms with van der Waals surface area (Å²) in [6.07, 6.45) is 3.70. The highest BCUT2D eigenvalue weighted by Gasteiger charge is 2.35. The number of aromatic nitrogens is 2. The molecule has 196 valence electrons. The van der Waals surface area contributed by atoms with E-state index in [2.05, 4.69) is 14.9 Å². The number of fused-ring (bicyclic) bond motifs is 4. The van der Waals surface area contributed by atoms with Gasteiger partial charge in [-0.2, -0.15) is 0 Å². The number of amidine groups is 2. The van der Waals surface area contributed by atoms with Crippen molar-refractivity contribution in [2.45, 2.75) is 39.8 Å². The van der Waals surface area contributed by atoms with Crippen LogP contribution >= 0.6 is 22.9 Å². The van der Waals surface area contributed by atoms with Crippen LogP contribution in [0, 0.1) is 24.7 Å². The van der Waals surface area contributed by atoms with E-state index in [1.54, 1.807) is 18.0 Å². The molecule has 4 heterocycles. The van der Waals surface area contributed by atoms with Crippen LogP contribution in [0.3, 0.4) is 0 Å². The fourth-order valence-electron chi connectivity index (χ4n) is 5.16. The minimum Gasteiger partial charge on any atom is -0.327 e. The normalized spacial score (nSPS) is 15.8. The van der Waals surface area contributed by atoms with Gasteiger partial charge in [-0.05, 0) is 62.2 Å². The molecule has 2 aliphatic heterocycles. The molecule has 39 heavy (non-hydrogen) atoms. The van der Waals surface area contributed by atoms with E-state index in [1.165, 1.54) is 11.3 Å². The van der Waals surface area contributed by atoms with E-state index in [0.717, 1.165) is 43.5 Å². The Kier molecular flexibility index (Phi) is 6.20. The average molecular weight is 556 g/mol. The van der Waals surface area contributed by atoms with Crippen molar-refractivity contribution in [2.24, 2.45) is 4.99 Å². The minimum atomic E-state index is -0.783. The summed E-state index contributed by atoms with van der Waals surface area (Å²) in [5.41, 5.74) is 6.33. The Balaban J connectivity index is 1.34. The SMILES string of the molecule is CC(=N)N1C(=N)[C@H](CC(=O)Nc2ccc3c(c2)Cn2ccnc2-3)N=C(c2ccc(Cl)cc2)c2c1sc(C)c2C. The highest BCUT2D eigenvalue weighted by atomic mass is 35.5. The second kappa shape index (κ2) is 9.59.